The van der Waals surface area contributed by atoms with Crippen LogP contribution in [-0.4, -0.2) is 17.6 Å². The first kappa shape index (κ1) is 68.6. The van der Waals surface area contributed by atoms with Crippen LogP contribution in [0.3, 0.4) is 0 Å². The monoisotopic (exact) mass is 1270 g/mol. The summed E-state index contributed by atoms with van der Waals surface area (Å²) in [5.41, 5.74) is 31.9. The highest BCUT2D eigenvalue weighted by molar-refractivity contribution is 6.12. The molecule has 1 nitrogen and oxygen atoms in total. The van der Waals surface area contributed by atoms with E-state index in [2.05, 4.69) is 336 Å². The van der Waals surface area contributed by atoms with Gasteiger partial charge in [0, 0.05) is 22.3 Å². The van der Waals surface area contributed by atoms with Gasteiger partial charge < -0.3 is 4.48 Å². The van der Waals surface area contributed by atoms with Gasteiger partial charge in [0.25, 0.3) is 0 Å². The van der Waals surface area contributed by atoms with E-state index in [1.54, 1.807) is 0 Å². The Kier molecular flexibility index (Phi) is 17.2. The van der Waals surface area contributed by atoms with E-state index in [0.29, 0.717) is 0 Å². The standard InChI is InChI=1S/C95H114N/c1-88(2,3)72-44-66(45-73(54-72)89(4,5)6)62-38-63(67-46-74(90(7,8)9)55-75(47-67)91(10,11)12)41-70(40-62)82-52-60-32-26-28-34-80(60)86-84(82)58-96(36-30-25-31-37-96)59-85-83(53-61-33-27-29-35-81(61)87(85)86)71-42-64(68-48-76(92(13,14)15)56-77(49-68)93(16,17)18)39-65(43-71)69-50-78(94(19,20)21)57-79(51-69)95(22,23)24/h26-29,32-35,38-57H,25,30-31,36-37,58-59H2,1-24H3/q+1. The van der Waals surface area contributed by atoms with E-state index in [1.165, 1.54) is 174 Å². The summed E-state index contributed by atoms with van der Waals surface area (Å²) in [6.45, 7) is 61.2. The van der Waals surface area contributed by atoms with Crippen LogP contribution in [0.25, 0.3) is 99.4 Å². The van der Waals surface area contributed by atoms with Crippen LogP contribution in [0.2, 0.25) is 0 Å². The molecule has 2 aliphatic heterocycles. The first-order chi connectivity index (χ1) is 44.5. The molecule has 2 aliphatic rings. The van der Waals surface area contributed by atoms with Gasteiger partial charge in [-0.25, -0.2) is 0 Å². The number of nitrogens with zero attached hydrogens (tertiary/aromatic N) is 1. The topological polar surface area (TPSA) is 0 Å². The molecule has 0 aliphatic carbocycles. The SMILES string of the molecule is CC(C)(C)c1cc(-c2cc(-c3cc(C(C)(C)C)cc(C(C)(C)C)c3)cc(-c3cc4ccccc4c4c3C[N+]3(CCCCC3)Cc3c(-c5cc(-c6cc(C(C)(C)C)cc(C(C)(C)C)c6)cc(-c6cc(C(C)(C)C)cc(C(C)(C)C)c6)c5)cc5ccccc5c3-4)c2)cc(C(C)(C)C)c1. The summed E-state index contributed by atoms with van der Waals surface area (Å²) in [6, 6.07) is 69.6. The number of benzene rings is 10. The molecule has 0 radical (unpaired) electrons. The first-order valence-electron chi connectivity index (χ1n) is 36.4. The number of rotatable bonds is 6. The van der Waals surface area contributed by atoms with Gasteiger partial charge in [0.15, 0.2) is 0 Å². The Labute approximate surface area is 580 Å². The van der Waals surface area contributed by atoms with Crippen molar-refractivity contribution in [2.24, 2.45) is 0 Å². The van der Waals surface area contributed by atoms with Crippen molar-refractivity contribution in [1.29, 1.82) is 0 Å². The average Bonchev–Trinajstić information content (AvgIpc) is 1.47. The van der Waals surface area contributed by atoms with Crippen LogP contribution in [0.5, 0.6) is 0 Å². The molecule has 0 saturated carbocycles. The van der Waals surface area contributed by atoms with Gasteiger partial charge in [0.2, 0.25) is 0 Å². The maximum absolute atomic E-state index is 2.61. The van der Waals surface area contributed by atoms with Gasteiger partial charge >= 0.3 is 0 Å². The molecule has 498 valence electrons. The van der Waals surface area contributed by atoms with E-state index in [0.717, 1.165) is 30.7 Å². The Balaban J connectivity index is 1.22. The van der Waals surface area contributed by atoms with Crippen LogP contribution in [0.1, 0.15) is 241 Å². The van der Waals surface area contributed by atoms with Gasteiger partial charge in [0.05, 0.1) is 13.1 Å². The second-order valence-corrected chi connectivity index (χ2v) is 38.0. The molecule has 1 fully saturated rings. The molecule has 12 rings (SSSR count). The zero-order valence-electron chi connectivity index (χ0n) is 63.6. The van der Waals surface area contributed by atoms with E-state index in [9.17, 15) is 0 Å². The Bertz CT molecular complexity index is 4050. The number of quaternary nitrogens is 1. The quantitative estimate of drug-likeness (QED) is 0.146. The molecule has 96 heavy (non-hydrogen) atoms. The second-order valence-electron chi connectivity index (χ2n) is 38.0. The molecule has 0 amide bonds. The van der Waals surface area contributed by atoms with E-state index in [4.69, 9.17) is 0 Å². The van der Waals surface area contributed by atoms with Crippen LogP contribution in [0.15, 0.2) is 170 Å². The normalized spacial score (nSPS) is 15.1. The molecular weight excluding hydrogens is 1160 g/mol. The zero-order valence-corrected chi connectivity index (χ0v) is 63.6. The van der Waals surface area contributed by atoms with Crippen molar-refractivity contribution in [3.8, 4) is 77.9 Å². The minimum Gasteiger partial charge on any atom is -0.316 e. The van der Waals surface area contributed by atoms with E-state index >= 15 is 0 Å². The summed E-state index contributed by atoms with van der Waals surface area (Å²) in [5, 5.41) is 5.24. The maximum Gasteiger partial charge on any atom is 0.106 e. The van der Waals surface area contributed by atoms with Gasteiger partial charge in [0.1, 0.15) is 13.1 Å². The van der Waals surface area contributed by atoms with Crippen LogP contribution in [-0.2, 0) is 56.4 Å². The molecule has 0 atom stereocenters. The highest BCUT2D eigenvalue weighted by Gasteiger charge is 2.40. The largest absolute Gasteiger partial charge is 0.316 e. The lowest BCUT2D eigenvalue weighted by atomic mass is 9.77. The van der Waals surface area contributed by atoms with Gasteiger partial charge in [-0.15, -0.1) is 0 Å². The van der Waals surface area contributed by atoms with Crippen molar-refractivity contribution in [1.82, 2.24) is 0 Å². The smallest absolute Gasteiger partial charge is 0.106 e. The Morgan fingerprint density at radius 3 is 0.688 bits per heavy atom. The lowest BCUT2D eigenvalue weighted by Gasteiger charge is -2.42. The summed E-state index contributed by atoms with van der Waals surface area (Å²) in [4.78, 5) is 0. The highest BCUT2D eigenvalue weighted by atomic mass is 15.4. The van der Waals surface area contributed by atoms with E-state index in [-0.39, 0.29) is 43.3 Å². The second kappa shape index (κ2) is 24.0. The minimum atomic E-state index is -0.0425. The lowest BCUT2D eigenvalue weighted by molar-refractivity contribution is -0.957. The third-order valence-electron chi connectivity index (χ3n) is 21.8. The predicted octanol–water partition coefficient (Wildman–Crippen LogP) is 27.1. The van der Waals surface area contributed by atoms with Crippen LogP contribution in [0, 0.1) is 0 Å². The van der Waals surface area contributed by atoms with Crippen molar-refractivity contribution in [3.63, 3.8) is 0 Å². The molecule has 1 spiro atoms. The number of hydrogen-bond donors (Lipinski definition) is 0. The molecule has 10 aromatic rings. The van der Waals surface area contributed by atoms with Crippen molar-refractivity contribution in [2.75, 3.05) is 13.1 Å². The first-order valence-corrected chi connectivity index (χ1v) is 36.4. The van der Waals surface area contributed by atoms with Crippen LogP contribution < -0.4 is 0 Å². The van der Waals surface area contributed by atoms with Crippen molar-refractivity contribution in [2.45, 2.75) is 242 Å². The molecule has 0 N–H and O–H groups in total. The molecule has 1 saturated heterocycles. The van der Waals surface area contributed by atoms with Crippen molar-refractivity contribution in [3.05, 3.63) is 225 Å². The van der Waals surface area contributed by atoms with Crippen molar-refractivity contribution >= 4 is 21.5 Å². The van der Waals surface area contributed by atoms with Crippen molar-refractivity contribution < 1.29 is 4.48 Å². The molecular formula is C95H114N+. The summed E-state index contributed by atoms with van der Waals surface area (Å²) >= 11 is 0. The van der Waals surface area contributed by atoms with Gasteiger partial charge in [-0.05, 0) is 244 Å². The van der Waals surface area contributed by atoms with E-state index in [1.807, 2.05) is 0 Å². The van der Waals surface area contributed by atoms with Gasteiger partial charge in [-0.1, -0.05) is 287 Å². The average molecular weight is 1270 g/mol. The molecule has 1 heteroatoms. The summed E-state index contributed by atoms with van der Waals surface area (Å²) in [5.74, 6) is 0. The maximum atomic E-state index is 2.61. The molecule has 0 unspecified atom stereocenters. The molecule has 10 aromatic carbocycles. The molecule has 0 bridgehead atoms. The Morgan fingerprint density at radius 2 is 0.448 bits per heavy atom. The highest BCUT2D eigenvalue weighted by Crippen LogP contribution is 2.53. The molecule has 2 heterocycles. The Hall–Kier alpha value is -7.32. The Morgan fingerprint density at radius 1 is 0.229 bits per heavy atom. The summed E-state index contributed by atoms with van der Waals surface area (Å²) in [7, 11) is 0. The van der Waals surface area contributed by atoms with Gasteiger partial charge in [-0.3, -0.25) is 0 Å². The van der Waals surface area contributed by atoms with Crippen LogP contribution in [0.4, 0.5) is 0 Å². The number of fused-ring (bicyclic) bond motifs is 7. The summed E-state index contributed by atoms with van der Waals surface area (Å²) in [6.07, 6.45) is 3.71. The van der Waals surface area contributed by atoms with Crippen LogP contribution >= 0.6 is 0 Å². The fraction of sp³-hybridized carbons (Fsp3) is 0.411. The zero-order chi connectivity index (χ0) is 69.4. The van der Waals surface area contributed by atoms with Gasteiger partial charge in [-0.2, -0.15) is 0 Å². The minimum absolute atomic E-state index is 0.0425. The lowest BCUT2D eigenvalue weighted by Crippen LogP contribution is -2.49. The fourth-order valence-corrected chi connectivity index (χ4v) is 15.3. The van der Waals surface area contributed by atoms with E-state index < -0.39 is 0 Å². The predicted molar refractivity (Wildman–Crippen MR) is 420 cm³/mol. The summed E-state index contributed by atoms with van der Waals surface area (Å²) < 4.78 is 1.02. The third-order valence-corrected chi connectivity index (χ3v) is 21.8. The third kappa shape index (κ3) is 13.8. The number of hydrogen-bond acceptors (Lipinski definition) is 0. The molecule has 0 aromatic heterocycles. The number of piperidine rings is 1. The fourth-order valence-electron chi connectivity index (χ4n) is 15.3.